The van der Waals surface area contributed by atoms with Gasteiger partial charge in [-0.05, 0) is 18.6 Å². The Hall–Kier alpha value is -3.17. The largest absolute Gasteiger partial charge is 0.454 e. The van der Waals surface area contributed by atoms with Crippen LogP contribution < -0.4 is 16.0 Å². The summed E-state index contributed by atoms with van der Waals surface area (Å²) in [6.45, 7) is 2.20. The first-order chi connectivity index (χ1) is 13.2. The SMILES string of the molecule is CCCCn1c(=O)c2cc(Oc3cncc(C(F)(F)F)c3)cnc2n(C)c1=O. The number of aromatic nitrogens is 4. The van der Waals surface area contributed by atoms with Gasteiger partial charge in [0.15, 0.2) is 0 Å². The van der Waals surface area contributed by atoms with Crippen LogP contribution in [0.25, 0.3) is 11.0 Å². The van der Waals surface area contributed by atoms with E-state index in [4.69, 9.17) is 4.74 Å². The maximum absolute atomic E-state index is 12.8. The van der Waals surface area contributed by atoms with E-state index >= 15 is 0 Å². The van der Waals surface area contributed by atoms with Crippen LogP contribution in [0.5, 0.6) is 11.5 Å². The van der Waals surface area contributed by atoms with Crippen molar-refractivity contribution in [3.63, 3.8) is 0 Å². The smallest absolute Gasteiger partial charge is 0.418 e. The first-order valence-corrected chi connectivity index (χ1v) is 8.52. The molecule has 0 saturated carbocycles. The Morgan fingerprint density at radius 2 is 1.82 bits per heavy atom. The van der Waals surface area contributed by atoms with Crippen LogP contribution in [-0.2, 0) is 19.8 Å². The zero-order chi connectivity index (χ0) is 20.5. The highest BCUT2D eigenvalue weighted by atomic mass is 19.4. The third-order valence-corrected chi connectivity index (χ3v) is 4.16. The van der Waals surface area contributed by atoms with Gasteiger partial charge in [0, 0.05) is 19.8 Å². The highest BCUT2D eigenvalue weighted by Gasteiger charge is 2.31. The average molecular weight is 394 g/mol. The second kappa shape index (κ2) is 7.45. The van der Waals surface area contributed by atoms with Crippen molar-refractivity contribution in [3.8, 4) is 11.5 Å². The number of ether oxygens (including phenoxy) is 1. The van der Waals surface area contributed by atoms with Gasteiger partial charge < -0.3 is 4.74 Å². The van der Waals surface area contributed by atoms with E-state index in [-0.39, 0.29) is 29.1 Å². The van der Waals surface area contributed by atoms with Crippen LogP contribution in [0.4, 0.5) is 13.2 Å². The second-order valence-electron chi connectivity index (χ2n) is 6.20. The fraction of sp³-hybridized carbons (Fsp3) is 0.333. The van der Waals surface area contributed by atoms with Crippen LogP contribution in [0.15, 0.2) is 40.3 Å². The first-order valence-electron chi connectivity index (χ1n) is 8.52. The second-order valence-corrected chi connectivity index (χ2v) is 6.20. The molecule has 0 N–H and O–H groups in total. The van der Waals surface area contributed by atoms with Gasteiger partial charge in [0.1, 0.15) is 17.1 Å². The molecule has 3 rings (SSSR count). The van der Waals surface area contributed by atoms with E-state index in [0.717, 1.165) is 23.3 Å². The van der Waals surface area contributed by atoms with Gasteiger partial charge in [-0.1, -0.05) is 13.3 Å². The minimum atomic E-state index is -4.56. The lowest BCUT2D eigenvalue weighted by Crippen LogP contribution is -2.39. The molecule has 3 aromatic heterocycles. The van der Waals surface area contributed by atoms with Crippen molar-refractivity contribution in [2.45, 2.75) is 32.5 Å². The Balaban J connectivity index is 2.05. The third-order valence-electron chi connectivity index (χ3n) is 4.16. The molecule has 28 heavy (non-hydrogen) atoms. The number of aryl methyl sites for hydroxylation is 1. The maximum Gasteiger partial charge on any atom is 0.418 e. The molecule has 0 amide bonds. The Morgan fingerprint density at radius 3 is 2.50 bits per heavy atom. The number of halogens is 3. The summed E-state index contributed by atoms with van der Waals surface area (Å²) >= 11 is 0. The molecule has 0 bridgehead atoms. The standard InChI is InChI=1S/C18H17F3N4O3/c1-3-4-5-25-16(26)14-7-13(10-23-15(14)24(2)17(25)27)28-12-6-11(8-22-9-12)18(19,20)21/h6-10H,3-5H2,1-2H3. The van der Waals surface area contributed by atoms with Crippen LogP contribution in [0.1, 0.15) is 25.3 Å². The molecule has 0 spiro atoms. The van der Waals surface area contributed by atoms with Crippen LogP contribution >= 0.6 is 0 Å². The lowest BCUT2D eigenvalue weighted by atomic mass is 10.2. The summed E-state index contributed by atoms with van der Waals surface area (Å²) in [4.78, 5) is 32.6. The highest BCUT2D eigenvalue weighted by molar-refractivity contribution is 5.75. The maximum atomic E-state index is 12.8. The minimum absolute atomic E-state index is 0.0615. The van der Waals surface area contributed by atoms with Gasteiger partial charge in [0.05, 0.1) is 23.3 Å². The van der Waals surface area contributed by atoms with E-state index in [1.54, 1.807) is 0 Å². The minimum Gasteiger partial charge on any atom is -0.454 e. The summed E-state index contributed by atoms with van der Waals surface area (Å²) in [5.41, 5.74) is -1.79. The van der Waals surface area contributed by atoms with Gasteiger partial charge in [-0.2, -0.15) is 13.2 Å². The van der Waals surface area contributed by atoms with Crippen molar-refractivity contribution >= 4 is 11.0 Å². The van der Waals surface area contributed by atoms with E-state index in [1.165, 1.54) is 23.9 Å². The molecule has 0 radical (unpaired) electrons. The predicted octanol–water partition coefficient (Wildman–Crippen LogP) is 3.10. The molecule has 148 valence electrons. The number of hydrogen-bond donors (Lipinski definition) is 0. The molecule has 0 aliphatic heterocycles. The van der Waals surface area contributed by atoms with Gasteiger partial charge in [-0.3, -0.25) is 18.9 Å². The fourth-order valence-corrected chi connectivity index (χ4v) is 2.70. The normalized spacial score (nSPS) is 11.8. The molecule has 0 aliphatic carbocycles. The monoisotopic (exact) mass is 394 g/mol. The van der Waals surface area contributed by atoms with E-state index in [0.29, 0.717) is 12.6 Å². The summed E-state index contributed by atoms with van der Waals surface area (Å²) < 4.78 is 46.2. The van der Waals surface area contributed by atoms with E-state index in [1.807, 2.05) is 6.92 Å². The van der Waals surface area contributed by atoms with Crippen LogP contribution in [0.3, 0.4) is 0 Å². The molecule has 0 fully saturated rings. The van der Waals surface area contributed by atoms with Gasteiger partial charge >= 0.3 is 11.9 Å². The summed E-state index contributed by atoms with van der Waals surface area (Å²) in [5.74, 6) is -0.0847. The topological polar surface area (TPSA) is 79.0 Å². The molecule has 0 atom stereocenters. The summed E-state index contributed by atoms with van der Waals surface area (Å²) in [7, 11) is 1.50. The predicted molar refractivity (Wildman–Crippen MR) is 95.5 cm³/mol. The van der Waals surface area contributed by atoms with Crippen molar-refractivity contribution < 1.29 is 17.9 Å². The molecule has 7 nitrogen and oxygen atoms in total. The van der Waals surface area contributed by atoms with Crippen molar-refractivity contribution in [2.75, 3.05) is 0 Å². The van der Waals surface area contributed by atoms with Crippen LogP contribution in [0.2, 0.25) is 0 Å². The van der Waals surface area contributed by atoms with Crippen molar-refractivity contribution in [1.29, 1.82) is 0 Å². The quantitative estimate of drug-likeness (QED) is 0.665. The summed E-state index contributed by atoms with van der Waals surface area (Å²) in [5, 5.41) is 0.135. The van der Waals surface area contributed by atoms with E-state index in [2.05, 4.69) is 9.97 Å². The van der Waals surface area contributed by atoms with Gasteiger partial charge in [-0.25, -0.2) is 9.78 Å². The lowest BCUT2D eigenvalue weighted by Gasteiger charge is -2.12. The van der Waals surface area contributed by atoms with Gasteiger partial charge in [-0.15, -0.1) is 0 Å². The molecule has 0 aromatic carbocycles. The average Bonchev–Trinajstić information content (AvgIpc) is 2.66. The number of pyridine rings is 2. The number of fused-ring (bicyclic) bond motifs is 1. The zero-order valence-electron chi connectivity index (χ0n) is 15.2. The van der Waals surface area contributed by atoms with E-state index < -0.39 is 23.0 Å². The number of nitrogens with zero attached hydrogens (tertiary/aromatic N) is 4. The molecular formula is C18H17F3N4O3. The first kappa shape index (κ1) is 19.6. The van der Waals surface area contributed by atoms with Crippen molar-refractivity contribution in [2.24, 2.45) is 7.05 Å². The Morgan fingerprint density at radius 1 is 1.11 bits per heavy atom. The lowest BCUT2D eigenvalue weighted by molar-refractivity contribution is -0.137. The van der Waals surface area contributed by atoms with Crippen molar-refractivity contribution in [3.05, 3.63) is 57.1 Å². The molecule has 3 heterocycles. The zero-order valence-corrected chi connectivity index (χ0v) is 15.2. The number of rotatable bonds is 5. The molecule has 0 saturated heterocycles. The van der Waals surface area contributed by atoms with Crippen LogP contribution in [-0.4, -0.2) is 19.1 Å². The van der Waals surface area contributed by atoms with E-state index in [9.17, 15) is 22.8 Å². The Labute approximate surface area is 157 Å². The van der Waals surface area contributed by atoms with Crippen LogP contribution in [0, 0.1) is 0 Å². The molecule has 0 aliphatic rings. The number of hydrogen-bond acceptors (Lipinski definition) is 5. The van der Waals surface area contributed by atoms with Gasteiger partial charge in [0.25, 0.3) is 5.56 Å². The Bertz CT molecular complexity index is 1140. The molecule has 0 unspecified atom stereocenters. The number of unbranched alkanes of at least 4 members (excludes halogenated alkanes) is 1. The molecule has 3 aromatic rings. The summed E-state index contributed by atoms with van der Waals surface area (Å²) in [6, 6.07) is 2.16. The highest BCUT2D eigenvalue weighted by Crippen LogP contribution is 2.32. The third kappa shape index (κ3) is 3.75. The van der Waals surface area contributed by atoms with Gasteiger partial charge in [0.2, 0.25) is 0 Å². The fourth-order valence-electron chi connectivity index (χ4n) is 2.70. The molecular weight excluding hydrogens is 377 g/mol. The number of alkyl halides is 3. The van der Waals surface area contributed by atoms with Crippen molar-refractivity contribution in [1.82, 2.24) is 19.1 Å². The summed E-state index contributed by atoms with van der Waals surface area (Å²) in [6.07, 6.45) is -0.0533. The Kier molecular flexibility index (Phi) is 5.21. The molecule has 10 heteroatoms.